The fraction of sp³-hybridized carbons (Fsp3) is 0.750. The molecule has 1 fully saturated rings. The van der Waals surface area contributed by atoms with Gasteiger partial charge in [-0.25, -0.2) is 0 Å². The van der Waals surface area contributed by atoms with Crippen LogP contribution < -0.4 is 10.6 Å². The zero-order valence-corrected chi connectivity index (χ0v) is 11.0. The summed E-state index contributed by atoms with van der Waals surface area (Å²) in [5, 5.41) is 14.1. The lowest BCUT2D eigenvalue weighted by Gasteiger charge is -2.28. The Bertz CT molecular complexity index is 403. The van der Waals surface area contributed by atoms with Crippen LogP contribution in [0.3, 0.4) is 0 Å². The number of hydrogen-bond donors (Lipinski definition) is 2. The Morgan fingerprint density at radius 2 is 2.50 bits per heavy atom. The van der Waals surface area contributed by atoms with Crippen LogP contribution in [0.5, 0.6) is 0 Å². The van der Waals surface area contributed by atoms with Crippen LogP contribution in [0.1, 0.15) is 25.6 Å². The SMILES string of the molecule is CC1NCCCC1C(=O)NCCc1nncn1C. The van der Waals surface area contributed by atoms with E-state index in [0.29, 0.717) is 6.54 Å². The third-order valence-corrected chi connectivity index (χ3v) is 3.55. The Balaban J connectivity index is 1.76. The number of carbonyl (C=O) groups excluding carboxylic acids is 1. The van der Waals surface area contributed by atoms with Gasteiger partial charge in [-0.3, -0.25) is 4.79 Å². The predicted molar refractivity (Wildman–Crippen MR) is 67.9 cm³/mol. The van der Waals surface area contributed by atoms with E-state index in [9.17, 15) is 4.79 Å². The first-order chi connectivity index (χ1) is 8.68. The monoisotopic (exact) mass is 251 g/mol. The molecule has 2 atom stereocenters. The molecule has 0 aromatic carbocycles. The van der Waals surface area contributed by atoms with E-state index in [1.807, 2.05) is 11.6 Å². The first-order valence-electron chi connectivity index (χ1n) is 6.52. The van der Waals surface area contributed by atoms with E-state index < -0.39 is 0 Å². The van der Waals surface area contributed by atoms with Crippen molar-refractivity contribution in [1.29, 1.82) is 0 Å². The molecular weight excluding hydrogens is 230 g/mol. The van der Waals surface area contributed by atoms with Gasteiger partial charge >= 0.3 is 0 Å². The predicted octanol–water partition coefficient (Wildman–Crippen LogP) is -0.138. The van der Waals surface area contributed by atoms with E-state index in [-0.39, 0.29) is 17.9 Å². The van der Waals surface area contributed by atoms with E-state index in [1.165, 1.54) is 0 Å². The van der Waals surface area contributed by atoms with Crippen molar-refractivity contribution in [1.82, 2.24) is 25.4 Å². The molecule has 1 aromatic heterocycles. The van der Waals surface area contributed by atoms with Gasteiger partial charge in [0, 0.05) is 26.1 Å². The number of piperidine rings is 1. The second kappa shape index (κ2) is 5.95. The number of aryl methyl sites for hydroxylation is 1. The molecule has 6 heteroatoms. The number of carbonyl (C=O) groups is 1. The second-order valence-corrected chi connectivity index (χ2v) is 4.89. The summed E-state index contributed by atoms with van der Waals surface area (Å²) in [6, 6.07) is 0.272. The van der Waals surface area contributed by atoms with Gasteiger partial charge in [-0.05, 0) is 26.3 Å². The molecule has 6 nitrogen and oxygen atoms in total. The highest BCUT2D eigenvalue weighted by Gasteiger charge is 2.26. The lowest BCUT2D eigenvalue weighted by atomic mass is 9.91. The smallest absolute Gasteiger partial charge is 0.224 e. The van der Waals surface area contributed by atoms with Crippen molar-refractivity contribution in [2.45, 2.75) is 32.2 Å². The molecule has 1 saturated heterocycles. The van der Waals surface area contributed by atoms with Crippen molar-refractivity contribution >= 4 is 5.91 Å². The summed E-state index contributed by atoms with van der Waals surface area (Å²) < 4.78 is 1.87. The molecule has 2 rings (SSSR count). The molecule has 1 aliphatic rings. The van der Waals surface area contributed by atoms with Gasteiger partial charge in [-0.15, -0.1) is 10.2 Å². The molecule has 18 heavy (non-hydrogen) atoms. The summed E-state index contributed by atoms with van der Waals surface area (Å²) in [6.45, 7) is 3.71. The van der Waals surface area contributed by atoms with E-state index in [1.54, 1.807) is 6.33 Å². The number of aromatic nitrogens is 3. The fourth-order valence-electron chi connectivity index (χ4n) is 2.36. The van der Waals surface area contributed by atoms with Gasteiger partial charge < -0.3 is 15.2 Å². The van der Waals surface area contributed by atoms with Crippen LogP contribution in [-0.2, 0) is 18.3 Å². The summed E-state index contributed by atoms with van der Waals surface area (Å²) in [7, 11) is 1.91. The van der Waals surface area contributed by atoms with Crippen molar-refractivity contribution in [2.24, 2.45) is 13.0 Å². The minimum atomic E-state index is 0.0956. The number of amides is 1. The quantitative estimate of drug-likeness (QED) is 0.781. The maximum atomic E-state index is 12.0. The van der Waals surface area contributed by atoms with Gasteiger partial charge in [0.05, 0.1) is 5.92 Å². The first kappa shape index (κ1) is 13.0. The van der Waals surface area contributed by atoms with Crippen molar-refractivity contribution in [3.05, 3.63) is 12.2 Å². The Morgan fingerprint density at radius 1 is 1.67 bits per heavy atom. The van der Waals surface area contributed by atoms with Crippen LogP contribution >= 0.6 is 0 Å². The summed E-state index contributed by atoms with van der Waals surface area (Å²) in [5.41, 5.74) is 0. The van der Waals surface area contributed by atoms with Gasteiger partial charge in [-0.1, -0.05) is 0 Å². The topological polar surface area (TPSA) is 71.8 Å². The fourth-order valence-corrected chi connectivity index (χ4v) is 2.36. The van der Waals surface area contributed by atoms with E-state index in [2.05, 4.69) is 27.8 Å². The standard InChI is InChI=1S/C12H21N5O/c1-9-10(4-3-6-13-9)12(18)14-7-5-11-16-15-8-17(11)2/h8-10,13H,3-7H2,1-2H3,(H,14,18). The number of nitrogens with zero attached hydrogens (tertiary/aromatic N) is 3. The van der Waals surface area contributed by atoms with Crippen LogP contribution in [0.2, 0.25) is 0 Å². The number of hydrogen-bond acceptors (Lipinski definition) is 4. The lowest BCUT2D eigenvalue weighted by molar-refractivity contribution is -0.126. The lowest BCUT2D eigenvalue weighted by Crippen LogP contribution is -2.47. The van der Waals surface area contributed by atoms with Crippen molar-refractivity contribution in [3.63, 3.8) is 0 Å². The normalized spacial score (nSPS) is 23.9. The van der Waals surface area contributed by atoms with Gasteiger partial charge in [0.15, 0.2) is 0 Å². The van der Waals surface area contributed by atoms with Crippen LogP contribution in [0.15, 0.2) is 6.33 Å². The van der Waals surface area contributed by atoms with E-state index in [4.69, 9.17) is 0 Å². The molecule has 0 saturated carbocycles. The first-order valence-corrected chi connectivity index (χ1v) is 6.52. The average molecular weight is 251 g/mol. The Kier molecular flexibility index (Phi) is 4.30. The van der Waals surface area contributed by atoms with Gasteiger partial charge in [0.1, 0.15) is 12.2 Å². The molecule has 1 aliphatic heterocycles. The van der Waals surface area contributed by atoms with Crippen LogP contribution in [-0.4, -0.2) is 39.8 Å². The molecule has 1 amide bonds. The van der Waals surface area contributed by atoms with Gasteiger partial charge in [0.2, 0.25) is 5.91 Å². The Morgan fingerprint density at radius 3 is 3.17 bits per heavy atom. The van der Waals surface area contributed by atoms with Crippen LogP contribution in [0.4, 0.5) is 0 Å². The summed E-state index contributed by atoms with van der Waals surface area (Å²) >= 11 is 0. The molecular formula is C12H21N5O. The second-order valence-electron chi connectivity index (χ2n) is 4.89. The Hall–Kier alpha value is -1.43. The molecule has 2 unspecified atom stereocenters. The maximum absolute atomic E-state index is 12.0. The van der Waals surface area contributed by atoms with E-state index >= 15 is 0 Å². The van der Waals surface area contributed by atoms with Crippen molar-refractivity contribution in [2.75, 3.05) is 13.1 Å². The maximum Gasteiger partial charge on any atom is 0.224 e. The Labute approximate surface area is 107 Å². The third-order valence-electron chi connectivity index (χ3n) is 3.55. The van der Waals surface area contributed by atoms with E-state index in [0.717, 1.165) is 31.6 Å². The minimum Gasteiger partial charge on any atom is -0.355 e. The third kappa shape index (κ3) is 3.07. The van der Waals surface area contributed by atoms with Gasteiger partial charge in [0.25, 0.3) is 0 Å². The molecule has 2 N–H and O–H groups in total. The molecule has 0 aliphatic carbocycles. The van der Waals surface area contributed by atoms with Crippen LogP contribution in [0, 0.1) is 5.92 Å². The molecule has 0 radical (unpaired) electrons. The molecule has 0 spiro atoms. The van der Waals surface area contributed by atoms with Gasteiger partial charge in [-0.2, -0.15) is 0 Å². The molecule has 2 heterocycles. The highest BCUT2D eigenvalue weighted by atomic mass is 16.1. The highest BCUT2D eigenvalue weighted by Crippen LogP contribution is 2.16. The summed E-state index contributed by atoms with van der Waals surface area (Å²) in [6.07, 6.45) is 4.44. The highest BCUT2D eigenvalue weighted by molar-refractivity contribution is 5.79. The molecule has 0 bridgehead atoms. The number of rotatable bonds is 4. The largest absolute Gasteiger partial charge is 0.355 e. The summed E-state index contributed by atoms with van der Waals surface area (Å²) in [4.78, 5) is 12.0. The zero-order chi connectivity index (χ0) is 13.0. The molecule has 100 valence electrons. The van der Waals surface area contributed by atoms with Crippen LogP contribution in [0.25, 0.3) is 0 Å². The zero-order valence-electron chi connectivity index (χ0n) is 11.0. The van der Waals surface area contributed by atoms with Crippen molar-refractivity contribution < 1.29 is 4.79 Å². The van der Waals surface area contributed by atoms with Crippen molar-refractivity contribution in [3.8, 4) is 0 Å². The average Bonchev–Trinajstić information content (AvgIpc) is 2.75. The molecule has 1 aromatic rings. The number of nitrogens with one attached hydrogen (secondary N) is 2. The summed E-state index contributed by atoms with van der Waals surface area (Å²) in [5.74, 6) is 1.14. The minimum absolute atomic E-state index is 0.0956.